The van der Waals surface area contributed by atoms with Gasteiger partial charge in [0, 0.05) is 42.1 Å². The summed E-state index contributed by atoms with van der Waals surface area (Å²) in [5.74, 6) is 1.02. The Morgan fingerprint density at radius 1 is 1.35 bits per heavy atom. The Bertz CT molecular complexity index is 629. The van der Waals surface area contributed by atoms with Gasteiger partial charge in [0.15, 0.2) is 5.96 Å². The molecule has 1 atom stereocenters. The van der Waals surface area contributed by atoms with E-state index in [-0.39, 0.29) is 29.4 Å². The maximum atomic E-state index is 6.41. The van der Waals surface area contributed by atoms with Crippen LogP contribution in [0.25, 0.3) is 0 Å². The number of aliphatic imine (C=N–C) groups is 1. The second kappa shape index (κ2) is 9.11. The number of benzene rings is 1. The quantitative estimate of drug-likeness (QED) is 0.387. The Kier molecular flexibility index (Phi) is 7.62. The van der Waals surface area contributed by atoms with Crippen molar-refractivity contribution in [3.05, 3.63) is 34.9 Å². The topological polar surface area (TPSA) is 36.9 Å². The van der Waals surface area contributed by atoms with Gasteiger partial charge in [0.2, 0.25) is 0 Å². The predicted molar refractivity (Wildman–Crippen MR) is 120 cm³/mol. The standard InChI is InChI=1S/C20H30ClN3O.HI/c1-4-22-18(24-11-9-20(14-24)10-12-25-15-20)23-13-19(2,3)16-7-5-6-8-17(16)21;/h5-8H,4,9-15H2,1-3H3,(H,22,23);1H. The van der Waals surface area contributed by atoms with Crippen molar-refractivity contribution < 1.29 is 4.74 Å². The molecule has 146 valence electrons. The highest BCUT2D eigenvalue weighted by Crippen LogP contribution is 2.38. The molecular formula is C20H31ClIN3O. The van der Waals surface area contributed by atoms with Gasteiger partial charge in [-0.3, -0.25) is 4.99 Å². The van der Waals surface area contributed by atoms with Gasteiger partial charge in [0.1, 0.15) is 0 Å². The molecule has 1 aromatic carbocycles. The lowest BCUT2D eigenvalue weighted by molar-refractivity contribution is 0.156. The number of nitrogens with zero attached hydrogens (tertiary/aromatic N) is 2. The van der Waals surface area contributed by atoms with Crippen molar-refractivity contribution in [2.45, 2.75) is 39.0 Å². The molecule has 0 aromatic heterocycles. The second-order valence-corrected chi connectivity index (χ2v) is 8.42. The van der Waals surface area contributed by atoms with E-state index < -0.39 is 0 Å². The number of rotatable bonds is 4. The van der Waals surface area contributed by atoms with Gasteiger partial charge in [-0.25, -0.2) is 0 Å². The molecule has 2 aliphatic heterocycles. The van der Waals surface area contributed by atoms with Crippen molar-refractivity contribution in [3.63, 3.8) is 0 Å². The molecule has 1 spiro atoms. The summed E-state index contributed by atoms with van der Waals surface area (Å²) >= 11 is 6.41. The van der Waals surface area contributed by atoms with E-state index in [2.05, 4.69) is 37.1 Å². The third kappa shape index (κ3) is 4.84. The summed E-state index contributed by atoms with van der Waals surface area (Å²) in [7, 11) is 0. The minimum Gasteiger partial charge on any atom is -0.381 e. The molecule has 1 aromatic rings. The van der Waals surface area contributed by atoms with Crippen molar-refractivity contribution in [1.82, 2.24) is 10.2 Å². The lowest BCUT2D eigenvalue weighted by Gasteiger charge is -2.28. The molecule has 3 rings (SSSR count). The molecule has 26 heavy (non-hydrogen) atoms. The van der Waals surface area contributed by atoms with Gasteiger partial charge in [0.05, 0.1) is 13.2 Å². The first kappa shape index (κ1) is 21.8. The van der Waals surface area contributed by atoms with Gasteiger partial charge >= 0.3 is 0 Å². The first-order chi connectivity index (χ1) is 12.0. The molecule has 0 radical (unpaired) electrons. The molecule has 1 unspecified atom stereocenters. The normalized spacial score (nSPS) is 23.4. The first-order valence-corrected chi connectivity index (χ1v) is 9.70. The molecule has 0 saturated carbocycles. The molecular weight excluding hydrogens is 461 g/mol. The Morgan fingerprint density at radius 2 is 2.12 bits per heavy atom. The minimum absolute atomic E-state index is 0. The van der Waals surface area contributed by atoms with Crippen LogP contribution in [0, 0.1) is 5.41 Å². The van der Waals surface area contributed by atoms with Crippen LogP contribution < -0.4 is 5.32 Å². The van der Waals surface area contributed by atoms with E-state index in [4.69, 9.17) is 21.3 Å². The molecule has 0 bridgehead atoms. The smallest absolute Gasteiger partial charge is 0.193 e. The summed E-state index contributed by atoms with van der Waals surface area (Å²) in [6.07, 6.45) is 2.37. The average Bonchev–Trinajstić information content (AvgIpc) is 3.22. The van der Waals surface area contributed by atoms with Gasteiger partial charge in [0.25, 0.3) is 0 Å². The third-order valence-corrected chi connectivity index (χ3v) is 5.81. The molecule has 2 fully saturated rings. The zero-order chi connectivity index (χ0) is 17.9. The Morgan fingerprint density at radius 3 is 2.77 bits per heavy atom. The van der Waals surface area contributed by atoms with E-state index in [1.165, 1.54) is 12.8 Å². The Labute approximate surface area is 179 Å². The van der Waals surface area contributed by atoms with Crippen LogP contribution >= 0.6 is 35.6 Å². The summed E-state index contributed by atoms with van der Waals surface area (Å²) in [5.41, 5.74) is 1.39. The third-order valence-electron chi connectivity index (χ3n) is 5.48. The number of guanidine groups is 1. The van der Waals surface area contributed by atoms with E-state index >= 15 is 0 Å². The van der Waals surface area contributed by atoms with Crippen molar-refractivity contribution in [1.29, 1.82) is 0 Å². The molecule has 2 saturated heterocycles. The number of halogens is 2. The Balaban J connectivity index is 0.00000243. The molecule has 0 aliphatic carbocycles. The van der Waals surface area contributed by atoms with E-state index in [1.54, 1.807) is 0 Å². The van der Waals surface area contributed by atoms with Gasteiger partial charge in [-0.15, -0.1) is 24.0 Å². The fourth-order valence-electron chi connectivity index (χ4n) is 3.88. The van der Waals surface area contributed by atoms with Crippen LogP contribution in [0.5, 0.6) is 0 Å². The summed E-state index contributed by atoms with van der Waals surface area (Å²) in [6.45, 7) is 12.0. The predicted octanol–water partition coefficient (Wildman–Crippen LogP) is 4.31. The lowest BCUT2D eigenvalue weighted by atomic mass is 9.85. The number of ether oxygens (including phenoxy) is 1. The van der Waals surface area contributed by atoms with Crippen LogP contribution in [-0.2, 0) is 10.2 Å². The first-order valence-electron chi connectivity index (χ1n) is 9.32. The number of hydrogen-bond donors (Lipinski definition) is 1. The fourth-order valence-corrected chi connectivity index (χ4v) is 4.27. The van der Waals surface area contributed by atoms with E-state index in [0.29, 0.717) is 12.0 Å². The molecule has 2 aliphatic rings. The van der Waals surface area contributed by atoms with Gasteiger partial charge in [-0.1, -0.05) is 43.6 Å². The monoisotopic (exact) mass is 491 g/mol. The fraction of sp³-hybridized carbons (Fsp3) is 0.650. The van der Waals surface area contributed by atoms with Crippen molar-refractivity contribution in [2.75, 3.05) is 39.4 Å². The van der Waals surface area contributed by atoms with Crippen molar-refractivity contribution >= 4 is 41.5 Å². The van der Waals surface area contributed by atoms with Gasteiger partial charge < -0.3 is 15.0 Å². The zero-order valence-corrected chi connectivity index (χ0v) is 19.1. The van der Waals surface area contributed by atoms with E-state index in [9.17, 15) is 0 Å². The maximum Gasteiger partial charge on any atom is 0.193 e. The van der Waals surface area contributed by atoms with Crippen LogP contribution in [0.2, 0.25) is 5.02 Å². The molecule has 4 nitrogen and oxygen atoms in total. The van der Waals surface area contributed by atoms with Crippen molar-refractivity contribution in [3.8, 4) is 0 Å². The van der Waals surface area contributed by atoms with Gasteiger partial charge in [-0.2, -0.15) is 0 Å². The molecule has 2 heterocycles. The van der Waals surface area contributed by atoms with Crippen LogP contribution in [0.15, 0.2) is 29.3 Å². The summed E-state index contributed by atoms with van der Waals surface area (Å²) in [6, 6.07) is 8.08. The summed E-state index contributed by atoms with van der Waals surface area (Å²) < 4.78 is 5.65. The molecule has 6 heteroatoms. The second-order valence-electron chi connectivity index (χ2n) is 8.01. The zero-order valence-electron chi connectivity index (χ0n) is 16.1. The van der Waals surface area contributed by atoms with Crippen LogP contribution in [0.3, 0.4) is 0 Å². The number of likely N-dealkylation sites (tertiary alicyclic amines) is 1. The largest absolute Gasteiger partial charge is 0.381 e. The van der Waals surface area contributed by atoms with E-state index in [1.807, 2.05) is 18.2 Å². The SMILES string of the molecule is CCNC(=NCC(C)(C)c1ccccc1Cl)N1CCC2(CCOC2)C1.I. The number of hydrogen-bond acceptors (Lipinski definition) is 2. The van der Waals surface area contributed by atoms with Crippen LogP contribution in [0.1, 0.15) is 39.2 Å². The average molecular weight is 492 g/mol. The Hall–Kier alpha value is -0.530. The van der Waals surface area contributed by atoms with Crippen LogP contribution in [0.4, 0.5) is 0 Å². The number of nitrogens with one attached hydrogen (secondary N) is 1. The lowest BCUT2D eigenvalue weighted by Crippen LogP contribution is -2.42. The highest BCUT2D eigenvalue weighted by molar-refractivity contribution is 14.0. The molecule has 0 amide bonds. The highest BCUT2D eigenvalue weighted by Gasteiger charge is 2.42. The van der Waals surface area contributed by atoms with E-state index in [0.717, 1.165) is 49.4 Å². The van der Waals surface area contributed by atoms with Gasteiger partial charge in [-0.05, 0) is 31.4 Å². The highest BCUT2D eigenvalue weighted by atomic mass is 127. The summed E-state index contributed by atoms with van der Waals surface area (Å²) in [4.78, 5) is 7.37. The summed E-state index contributed by atoms with van der Waals surface area (Å²) in [5, 5.41) is 4.29. The minimum atomic E-state index is -0.104. The van der Waals surface area contributed by atoms with Crippen LogP contribution in [-0.4, -0.2) is 50.3 Å². The molecule has 1 N–H and O–H groups in total. The maximum absolute atomic E-state index is 6.41. The van der Waals surface area contributed by atoms with Crippen molar-refractivity contribution in [2.24, 2.45) is 10.4 Å².